The lowest BCUT2D eigenvalue weighted by Crippen LogP contribution is -2.39. The monoisotopic (exact) mass is 423 g/mol. The number of carbonyl (C=O) groups excluding carboxylic acids is 1. The van der Waals surface area contributed by atoms with Crippen LogP contribution in [-0.2, 0) is 14.6 Å². The van der Waals surface area contributed by atoms with Gasteiger partial charge in [0.2, 0.25) is 5.91 Å². The predicted molar refractivity (Wildman–Crippen MR) is 112 cm³/mol. The highest BCUT2D eigenvalue weighted by Crippen LogP contribution is 2.24. The molecule has 0 aliphatic carbocycles. The molecule has 0 bridgehead atoms. The molecule has 1 aliphatic rings. The highest BCUT2D eigenvalue weighted by molar-refractivity contribution is 7.99. The van der Waals surface area contributed by atoms with E-state index in [0.29, 0.717) is 22.5 Å². The SMILES string of the molecule is CC[C@@H](C)n1c(SCC(=O)N(C)[C@@H]2CCS(=O)(=O)C2)nc2ccccc2c1=O. The van der Waals surface area contributed by atoms with Crippen molar-refractivity contribution in [1.82, 2.24) is 14.5 Å². The number of thioether (sulfide) groups is 1. The molecule has 0 radical (unpaired) electrons. The maximum atomic E-state index is 13.0. The van der Waals surface area contributed by atoms with E-state index in [9.17, 15) is 18.0 Å². The van der Waals surface area contributed by atoms with E-state index in [1.807, 2.05) is 26.0 Å². The molecular formula is C19H25N3O4S2. The van der Waals surface area contributed by atoms with Gasteiger partial charge < -0.3 is 4.90 Å². The van der Waals surface area contributed by atoms with E-state index in [0.717, 1.165) is 6.42 Å². The zero-order chi connectivity index (χ0) is 20.5. The van der Waals surface area contributed by atoms with Crippen molar-refractivity contribution in [1.29, 1.82) is 0 Å². The number of hydrogen-bond acceptors (Lipinski definition) is 6. The molecule has 28 heavy (non-hydrogen) atoms. The molecule has 2 aromatic rings. The van der Waals surface area contributed by atoms with Crippen molar-refractivity contribution >= 4 is 38.4 Å². The number of benzene rings is 1. The van der Waals surface area contributed by atoms with Gasteiger partial charge in [0.15, 0.2) is 15.0 Å². The minimum absolute atomic E-state index is 0.0196. The minimum atomic E-state index is -3.05. The standard InChI is InChI=1S/C19H25N3O4S2/c1-4-13(2)22-18(24)15-7-5-6-8-16(15)20-19(22)27-11-17(23)21(3)14-9-10-28(25,26)12-14/h5-8,13-14H,4,9-12H2,1-3H3/t13-,14-/m1/s1. The fraction of sp³-hybridized carbons (Fsp3) is 0.526. The van der Waals surface area contributed by atoms with Crippen LogP contribution < -0.4 is 5.56 Å². The Morgan fingerprint density at radius 3 is 2.75 bits per heavy atom. The maximum absolute atomic E-state index is 13.0. The van der Waals surface area contributed by atoms with E-state index >= 15 is 0 Å². The summed E-state index contributed by atoms with van der Waals surface area (Å²) in [7, 11) is -1.41. The van der Waals surface area contributed by atoms with Crippen molar-refractivity contribution in [2.45, 2.75) is 43.9 Å². The van der Waals surface area contributed by atoms with Crippen LogP contribution in [-0.4, -0.2) is 59.1 Å². The van der Waals surface area contributed by atoms with Gasteiger partial charge >= 0.3 is 0 Å². The van der Waals surface area contributed by atoms with Crippen LogP contribution in [0.4, 0.5) is 0 Å². The fourth-order valence-electron chi connectivity index (χ4n) is 3.31. The first-order chi connectivity index (χ1) is 13.2. The molecule has 152 valence electrons. The summed E-state index contributed by atoms with van der Waals surface area (Å²) in [5, 5.41) is 1.07. The molecular weight excluding hydrogens is 398 g/mol. The number of para-hydroxylation sites is 1. The summed E-state index contributed by atoms with van der Waals surface area (Å²) in [6.07, 6.45) is 1.24. The van der Waals surface area contributed by atoms with Crippen LogP contribution in [0, 0.1) is 0 Å². The zero-order valence-corrected chi connectivity index (χ0v) is 17.9. The Labute approximate surface area is 169 Å². The number of fused-ring (bicyclic) bond motifs is 1. The van der Waals surface area contributed by atoms with Crippen molar-refractivity contribution in [3.63, 3.8) is 0 Å². The Kier molecular flexibility index (Phi) is 6.14. The second-order valence-corrected chi connectivity index (χ2v) is 10.4. The summed E-state index contributed by atoms with van der Waals surface area (Å²) in [6, 6.07) is 6.87. The fourth-order valence-corrected chi connectivity index (χ4v) is 6.11. The molecule has 1 saturated heterocycles. The summed E-state index contributed by atoms with van der Waals surface area (Å²) in [5.41, 5.74) is 0.502. The van der Waals surface area contributed by atoms with Crippen LogP contribution in [0.5, 0.6) is 0 Å². The Morgan fingerprint density at radius 1 is 1.39 bits per heavy atom. The van der Waals surface area contributed by atoms with Gasteiger partial charge in [0, 0.05) is 19.1 Å². The van der Waals surface area contributed by atoms with Crippen LogP contribution in [0.25, 0.3) is 10.9 Å². The number of carbonyl (C=O) groups is 1. The van der Waals surface area contributed by atoms with Gasteiger partial charge in [-0.1, -0.05) is 30.8 Å². The summed E-state index contributed by atoms with van der Waals surface area (Å²) in [4.78, 5) is 31.7. The van der Waals surface area contributed by atoms with E-state index < -0.39 is 9.84 Å². The summed E-state index contributed by atoms with van der Waals surface area (Å²) in [5.74, 6) is 0.0903. The third-order valence-electron chi connectivity index (χ3n) is 5.28. The Bertz CT molecular complexity index is 1050. The largest absolute Gasteiger partial charge is 0.341 e. The first kappa shape index (κ1) is 20.9. The van der Waals surface area contributed by atoms with Gasteiger partial charge in [-0.2, -0.15) is 0 Å². The lowest BCUT2D eigenvalue weighted by atomic mass is 10.2. The number of rotatable bonds is 6. The van der Waals surface area contributed by atoms with Crippen molar-refractivity contribution in [3.05, 3.63) is 34.6 Å². The quantitative estimate of drug-likeness (QED) is 0.522. The molecule has 2 heterocycles. The molecule has 1 fully saturated rings. The van der Waals surface area contributed by atoms with Crippen LogP contribution in [0.15, 0.2) is 34.2 Å². The van der Waals surface area contributed by atoms with Gasteiger partial charge in [-0.25, -0.2) is 13.4 Å². The summed E-state index contributed by atoms with van der Waals surface area (Å²) >= 11 is 1.23. The summed E-state index contributed by atoms with van der Waals surface area (Å²) in [6.45, 7) is 3.96. The minimum Gasteiger partial charge on any atom is -0.341 e. The van der Waals surface area contributed by atoms with E-state index in [1.165, 1.54) is 16.7 Å². The molecule has 0 saturated carbocycles. The molecule has 1 aromatic heterocycles. The number of sulfone groups is 1. The van der Waals surface area contributed by atoms with Crippen molar-refractivity contribution in [3.8, 4) is 0 Å². The van der Waals surface area contributed by atoms with Gasteiger partial charge in [-0.15, -0.1) is 0 Å². The Hall–Kier alpha value is -1.87. The van der Waals surface area contributed by atoms with Crippen molar-refractivity contribution in [2.24, 2.45) is 0 Å². The smallest absolute Gasteiger partial charge is 0.262 e. The number of amides is 1. The van der Waals surface area contributed by atoms with Gasteiger partial charge in [-0.3, -0.25) is 14.2 Å². The van der Waals surface area contributed by atoms with Crippen molar-refractivity contribution in [2.75, 3.05) is 24.3 Å². The first-order valence-corrected chi connectivity index (χ1v) is 12.1. The van der Waals surface area contributed by atoms with E-state index in [-0.39, 0.29) is 40.8 Å². The number of nitrogens with zero attached hydrogens (tertiary/aromatic N) is 3. The lowest BCUT2D eigenvalue weighted by Gasteiger charge is -2.24. The molecule has 3 rings (SSSR count). The molecule has 0 unspecified atom stereocenters. The van der Waals surface area contributed by atoms with Crippen LogP contribution in [0.3, 0.4) is 0 Å². The van der Waals surface area contributed by atoms with Gasteiger partial charge in [0.1, 0.15) is 0 Å². The van der Waals surface area contributed by atoms with Gasteiger partial charge in [0.25, 0.3) is 5.56 Å². The third kappa shape index (κ3) is 4.25. The topological polar surface area (TPSA) is 89.3 Å². The average molecular weight is 424 g/mol. The highest BCUT2D eigenvalue weighted by atomic mass is 32.2. The van der Waals surface area contributed by atoms with Crippen LogP contribution >= 0.6 is 11.8 Å². The molecule has 2 atom stereocenters. The third-order valence-corrected chi connectivity index (χ3v) is 7.97. The molecule has 1 aliphatic heterocycles. The number of hydrogen-bond donors (Lipinski definition) is 0. The second kappa shape index (κ2) is 8.24. The molecule has 1 aromatic carbocycles. The number of aromatic nitrogens is 2. The average Bonchev–Trinajstić information content (AvgIpc) is 3.04. The van der Waals surface area contributed by atoms with Gasteiger partial charge in [-0.05, 0) is 31.9 Å². The highest BCUT2D eigenvalue weighted by Gasteiger charge is 2.32. The molecule has 1 amide bonds. The molecule has 0 N–H and O–H groups in total. The normalized spacial score (nSPS) is 19.6. The van der Waals surface area contributed by atoms with E-state index in [2.05, 4.69) is 4.98 Å². The Morgan fingerprint density at radius 2 is 2.11 bits per heavy atom. The first-order valence-electron chi connectivity index (χ1n) is 9.33. The van der Waals surface area contributed by atoms with Gasteiger partial charge in [0.05, 0.1) is 28.2 Å². The molecule has 7 nitrogen and oxygen atoms in total. The van der Waals surface area contributed by atoms with Crippen LogP contribution in [0.2, 0.25) is 0 Å². The zero-order valence-electron chi connectivity index (χ0n) is 16.3. The summed E-state index contributed by atoms with van der Waals surface area (Å²) < 4.78 is 25.0. The van der Waals surface area contributed by atoms with E-state index in [4.69, 9.17) is 0 Å². The Balaban J connectivity index is 1.83. The molecule has 9 heteroatoms. The van der Waals surface area contributed by atoms with Crippen LogP contribution in [0.1, 0.15) is 32.7 Å². The maximum Gasteiger partial charge on any atom is 0.262 e. The van der Waals surface area contributed by atoms with Crippen molar-refractivity contribution < 1.29 is 13.2 Å². The second-order valence-electron chi connectivity index (χ2n) is 7.19. The predicted octanol–water partition coefficient (Wildman–Crippen LogP) is 2.11. The van der Waals surface area contributed by atoms with E-state index in [1.54, 1.807) is 23.7 Å². The molecule has 0 spiro atoms. The lowest BCUT2D eigenvalue weighted by molar-refractivity contribution is -0.128.